The fourth-order valence-electron chi connectivity index (χ4n) is 1.99. The molecule has 1 saturated heterocycles. The van der Waals surface area contributed by atoms with Gasteiger partial charge in [0.2, 0.25) is 6.79 Å². The molecule has 0 aromatic heterocycles. The first-order valence-corrected chi connectivity index (χ1v) is 5.15. The molecule has 4 heteroatoms. The molecule has 0 bridgehead atoms. The number of ether oxygens (including phenoxy) is 3. The molecule has 2 heterocycles. The Bertz CT molecular complexity index is 361. The minimum atomic E-state index is 0.218. The number of morpholine rings is 1. The van der Waals surface area contributed by atoms with Gasteiger partial charge in [-0.1, -0.05) is 12.1 Å². The molecular weight excluding hydrogens is 194 g/mol. The molecule has 2 aliphatic heterocycles. The zero-order chi connectivity index (χ0) is 10.1. The second-order valence-electron chi connectivity index (χ2n) is 3.66. The van der Waals surface area contributed by atoms with Crippen LogP contribution in [0, 0.1) is 0 Å². The number of para-hydroxylation sites is 1. The molecule has 0 spiro atoms. The van der Waals surface area contributed by atoms with Crippen LogP contribution in [-0.4, -0.2) is 26.6 Å². The Hall–Kier alpha value is -1.26. The van der Waals surface area contributed by atoms with E-state index in [1.54, 1.807) is 0 Å². The Morgan fingerprint density at radius 3 is 3.13 bits per heavy atom. The summed E-state index contributed by atoms with van der Waals surface area (Å²) in [5.41, 5.74) is 1.13. The molecule has 3 rings (SSSR count). The second kappa shape index (κ2) is 3.72. The molecule has 0 amide bonds. The van der Waals surface area contributed by atoms with Crippen molar-refractivity contribution in [3.8, 4) is 11.5 Å². The Morgan fingerprint density at radius 1 is 1.27 bits per heavy atom. The summed E-state index contributed by atoms with van der Waals surface area (Å²) in [6, 6.07) is 6.18. The minimum absolute atomic E-state index is 0.218. The first-order valence-electron chi connectivity index (χ1n) is 5.15. The summed E-state index contributed by atoms with van der Waals surface area (Å²) in [4.78, 5) is 0. The summed E-state index contributed by atoms with van der Waals surface area (Å²) in [5.74, 6) is 1.69. The highest BCUT2D eigenvalue weighted by Gasteiger charge is 2.24. The van der Waals surface area contributed by atoms with E-state index >= 15 is 0 Å². The van der Waals surface area contributed by atoms with Crippen LogP contribution in [0.1, 0.15) is 11.6 Å². The SMILES string of the molecule is c1cc2c(c([C@@H]3COCCN3)c1)OCO2. The van der Waals surface area contributed by atoms with Crippen molar-refractivity contribution in [2.45, 2.75) is 6.04 Å². The van der Waals surface area contributed by atoms with Crippen LogP contribution in [0.4, 0.5) is 0 Å². The largest absolute Gasteiger partial charge is 0.454 e. The Kier molecular flexibility index (Phi) is 2.23. The van der Waals surface area contributed by atoms with Crippen LogP contribution in [0.25, 0.3) is 0 Å². The third-order valence-corrected chi connectivity index (χ3v) is 2.72. The fraction of sp³-hybridized carbons (Fsp3) is 0.455. The van der Waals surface area contributed by atoms with Crippen LogP contribution in [0.15, 0.2) is 18.2 Å². The molecule has 2 aliphatic rings. The van der Waals surface area contributed by atoms with E-state index in [4.69, 9.17) is 14.2 Å². The van der Waals surface area contributed by atoms with Crippen LogP contribution in [-0.2, 0) is 4.74 Å². The highest BCUT2D eigenvalue weighted by molar-refractivity contribution is 5.49. The Labute approximate surface area is 88.1 Å². The van der Waals surface area contributed by atoms with Crippen molar-refractivity contribution < 1.29 is 14.2 Å². The van der Waals surface area contributed by atoms with E-state index in [2.05, 4.69) is 11.4 Å². The smallest absolute Gasteiger partial charge is 0.231 e. The predicted octanol–water partition coefficient (Wildman–Crippen LogP) is 1.08. The third-order valence-electron chi connectivity index (χ3n) is 2.72. The molecule has 1 aromatic rings. The average molecular weight is 207 g/mol. The van der Waals surface area contributed by atoms with Gasteiger partial charge >= 0.3 is 0 Å². The second-order valence-corrected chi connectivity index (χ2v) is 3.66. The fourth-order valence-corrected chi connectivity index (χ4v) is 1.99. The van der Waals surface area contributed by atoms with Gasteiger partial charge in [0.1, 0.15) is 0 Å². The van der Waals surface area contributed by atoms with Gasteiger partial charge in [-0.15, -0.1) is 0 Å². The van der Waals surface area contributed by atoms with E-state index in [1.807, 2.05) is 12.1 Å². The van der Waals surface area contributed by atoms with Crippen LogP contribution in [0.2, 0.25) is 0 Å². The van der Waals surface area contributed by atoms with Gasteiger partial charge in [0.15, 0.2) is 11.5 Å². The number of nitrogens with one attached hydrogen (secondary N) is 1. The van der Waals surface area contributed by atoms with Gasteiger partial charge in [-0.25, -0.2) is 0 Å². The molecule has 0 saturated carbocycles. The summed E-state index contributed by atoms with van der Waals surface area (Å²) >= 11 is 0. The lowest BCUT2D eigenvalue weighted by Crippen LogP contribution is -2.34. The van der Waals surface area contributed by atoms with E-state index in [1.165, 1.54) is 0 Å². The number of benzene rings is 1. The van der Waals surface area contributed by atoms with Gasteiger partial charge in [-0.05, 0) is 6.07 Å². The van der Waals surface area contributed by atoms with Gasteiger partial charge in [-0.3, -0.25) is 0 Å². The third kappa shape index (κ3) is 1.56. The lowest BCUT2D eigenvalue weighted by Gasteiger charge is -2.24. The molecule has 0 radical (unpaired) electrons. The summed E-state index contributed by atoms with van der Waals surface area (Å²) in [7, 11) is 0. The number of rotatable bonds is 1. The van der Waals surface area contributed by atoms with Crippen LogP contribution in [0.5, 0.6) is 11.5 Å². The molecule has 80 valence electrons. The van der Waals surface area contributed by atoms with Crippen molar-refractivity contribution in [2.24, 2.45) is 0 Å². The zero-order valence-corrected chi connectivity index (χ0v) is 8.36. The summed E-state index contributed by atoms with van der Waals surface area (Å²) < 4.78 is 16.2. The van der Waals surface area contributed by atoms with Crippen molar-refractivity contribution in [1.29, 1.82) is 0 Å². The first-order chi connectivity index (χ1) is 7.45. The molecule has 0 aliphatic carbocycles. The standard InChI is InChI=1S/C11H13NO3/c1-2-8(9-6-13-5-4-12-9)11-10(3-1)14-7-15-11/h1-3,9,12H,4-7H2/t9-/m0/s1. The number of fused-ring (bicyclic) bond motifs is 1. The molecule has 1 fully saturated rings. The quantitative estimate of drug-likeness (QED) is 0.748. The van der Waals surface area contributed by atoms with Crippen molar-refractivity contribution in [2.75, 3.05) is 26.6 Å². The van der Waals surface area contributed by atoms with Gasteiger partial charge in [0.25, 0.3) is 0 Å². The maximum atomic E-state index is 5.47. The highest BCUT2D eigenvalue weighted by atomic mass is 16.7. The zero-order valence-electron chi connectivity index (χ0n) is 8.36. The van der Waals surface area contributed by atoms with E-state index in [-0.39, 0.29) is 6.04 Å². The molecule has 4 nitrogen and oxygen atoms in total. The molecule has 1 aromatic carbocycles. The van der Waals surface area contributed by atoms with E-state index in [0.29, 0.717) is 13.4 Å². The monoisotopic (exact) mass is 207 g/mol. The first kappa shape index (κ1) is 9.00. The van der Waals surface area contributed by atoms with E-state index in [9.17, 15) is 0 Å². The van der Waals surface area contributed by atoms with Gasteiger partial charge in [-0.2, -0.15) is 0 Å². The topological polar surface area (TPSA) is 39.7 Å². The van der Waals surface area contributed by atoms with Gasteiger partial charge in [0.05, 0.1) is 19.3 Å². The van der Waals surface area contributed by atoms with Crippen molar-refractivity contribution in [3.63, 3.8) is 0 Å². The molecule has 1 atom stereocenters. The predicted molar refractivity (Wildman–Crippen MR) is 54.1 cm³/mol. The summed E-state index contributed by atoms with van der Waals surface area (Å²) in [5, 5.41) is 3.40. The maximum Gasteiger partial charge on any atom is 0.231 e. The van der Waals surface area contributed by atoms with Crippen molar-refractivity contribution >= 4 is 0 Å². The van der Waals surface area contributed by atoms with Crippen LogP contribution in [0.3, 0.4) is 0 Å². The van der Waals surface area contributed by atoms with Crippen LogP contribution < -0.4 is 14.8 Å². The number of hydrogen-bond acceptors (Lipinski definition) is 4. The van der Waals surface area contributed by atoms with Gasteiger partial charge in [0, 0.05) is 12.1 Å². The van der Waals surface area contributed by atoms with Crippen LogP contribution >= 0.6 is 0 Å². The van der Waals surface area contributed by atoms with E-state index in [0.717, 1.165) is 30.2 Å². The maximum absolute atomic E-state index is 5.47. The average Bonchev–Trinajstić information content (AvgIpc) is 2.78. The van der Waals surface area contributed by atoms with Gasteiger partial charge < -0.3 is 19.5 Å². The molecule has 0 unspecified atom stereocenters. The lowest BCUT2D eigenvalue weighted by atomic mass is 10.1. The Morgan fingerprint density at radius 2 is 2.27 bits per heavy atom. The molecule has 15 heavy (non-hydrogen) atoms. The van der Waals surface area contributed by atoms with Crippen molar-refractivity contribution in [3.05, 3.63) is 23.8 Å². The van der Waals surface area contributed by atoms with Crippen molar-refractivity contribution in [1.82, 2.24) is 5.32 Å². The Balaban J connectivity index is 1.93. The minimum Gasteiger partial charge on any atom is -0.454 e. The molecule has 1 N–H and O–H groups in total. The lowest BCUT2D eigenvalue weighted by molar-refractivity contribution is 0.0757. The molecular formula is C11H13NO3. The summed E-state index contributed by atoms with van der Waals surface area (Å²) in [6.45, 7) is 2.68. The normalized spacial score (nSPS) is 24.1. The highest BCUT2D eigenvalue weighted by Crippen LogP contribution is 2.38. The van der Waals surface area contributed by atoms with E-state index < -0.39 is 0 Å². The summed E-state index contributed by atoms with van der Waals surface area (Å²) in [6.07, 6.45) is 0. The number of hydrogen-bond donors (Lipinski definition) is 1.